The number of benzene rings is 3. The van der Waals surface area contributed by atoms with Crippen LogP contribution in [-0.4, -0.2) is 17.0 Å². The zero-order valence-corrected chi connectivity index (χ0v) is 21.1. The first-order valence-corrected chi connectivity index (χ1v) is 12.2. The Morgan fingerprint density at radius 3 is 2.19 bits per heavy atom. The molecule has 0 saturated heterocycles. The molecule has 0 saturated carbocycles. The second kappa shape index (κ2) is 9.26. The van der Waals surface area contributed by atoms with E-state index >= 15 is 0 Å². The van der Waals surface area contributed by atoms with Crippen molar-refractivity contribution < 1.29 is 14.3 Å². The second-order valence-electron chi connectivity index (χ2n) is 9.41. The fourth-order valence-electron chi connectivity index (χ4n) is 4.40. The Labute approximate surface area is 204 Å². The van der Waals surface area contributed by atoms with Crippen LogP contribution in [0.1, 0.15) is 54.9 Å². The molecule has 0 spiro atoms. The first-order chi connectivity index (χ1) is 15.3. The van der Waals surface area contributed by atoms with Gasteiger partial charge in [-0.25, -0.2) is 0 Å². The number of carbonyl (C=O) groups excluding carboxylic acids is 1. The number of hydrogen-bond donors (Lipinski definition) is 0. The zero-order chi connectivity index (χ0) is 22.9. The summed E-state index contributed by atoms with van der Waals surface area (Å²) in [4.78, 5) is 12.4. The maximum atomic E-state index is 12.4. The van der Waals surface area contributed by atoms with E-state index < -0.39 is 5.41 Å². The molecule has 0 bridgehead atoms. The molecule has 166 valence electrons. The average molecular weight is 540 g/mol. The molecule has 0 aromatic heterocycles. The highest BCUT2D eigenvalue weighted by atomic mass is 127. The lowest BCUT2D eigenvalue weighted by Gasteiger charge is -2.38. The lowest BCUT2D eigenvalue weighted by molar-refractivity contribution is -0.143. The average Bonchev–Trinajstić information content (AvgIpc) is 2.78. The van der Waals surface area contributed by atoms with Gasteiger partial charge in [0.1, 0.15) is 11.5 Å². The molecule has 0 radical (unpaired) electrons. The minimum Gasteiger partial charge on any atom is -0.497 e. The van der Waals surface area contributed by atoms with Gasteiger partial charge in [-0.1, -0.05) is 71.1 Å². The van der Waals surface area contributed by atoms with Gasteiger partial charge in [-0.05, 0) is 73.7 Å². The Morgan fingerprint density at radius 2 is 1.56 bits per heavy atom. The van der Waals surface area contributed by atoms with Crippen molar-refractivity contribution >= 4 is 28.6 Å². The van der Waals surface area contributed by atoms with E-state index in [1.807, 2.05) is 39.0 Å². The van der Waals surface area contributed by atoms with Crippen molar-refractivity contribution in [2.45, 2.75) is 43.0 Å². The molecule has 32 heavy (non-hydrogen) atoms. The van der Waals surface area contributed by atoms with Gasteiger partial charge in [-0.15, -0.1) is 0 Å². The number of esters is 1. The summed E-state index contributed by atoms with van der Waals surface area (Å²) in [6, 6.07) is 25.3. The van der Waals surface area contributed by atoms with Crippen LogP contribution in [0.5, 0.6) is 11.5 Å². The van der Waals surface area contributed by atoms with Crippen LogP contribution in [-0.2, 0) is 11.2 Å². The fourth-order valence-corrected chi connectivity index (χ4v) is 5.70. The summed E-state index contributed by atoms with van der Waals surface area (Å²) in [5.41, 5.74) is 4.62. The number of rotatable bonds is 4. The van der Waals surface area contributed by atoms with Crippen molar-refractivity contribution in [1.82, 2.24) is 0 Å². The second-order valence-corrected chi connectivity index (χ2v) is 11.0. The summed E-state index contributed by atoms with van der Waals surface area (Å²) in [6.07, 6.45) is 0.934. The van der Waals surface area contributed by atoms with E-state index in [2.05, 4.69) is 77.2 Å². The van der Waals surface area contributed by atoms with Gasteiger partial charge in [0.15, 0.2) is 0 Å². The summed E-state index contributed by atoms with van der Waals surface area (Å²) in [6.45, 7) is 5.62. The Bertz CT molecular complexity index is 1080. The molecule has 3 aromatic rings. The molecule has 0 amide bonds. The number of hydrogen-bond acceptors (Lipinski definition) is 3. The van der Waals surface area contributed by atoms with E-state index in [-0.39, 0.29) is 11.9 Å². The number of alkyl halides is 1. The van der Waals surface area contributed by atoms with Crippen LogP contribution >= 0.6 is 22.6 Å². The van der Waals surface area contributed by atoms with E-state index in [0.717, 1.165) is 12.2 Å². The summed E-state index contributed by atoms with van der Waals surface area (Å²) >= 11 is 2.59. The maximum absolute atomic E-state index is 12.4. The topological polar surface area (TPSA) is 35.5 Å². The quantitative estimate of drug-likeness (QED) is 0.156. The summed E-state index contributed by atoms with van der Waals surface area (Å²) in [5.74, 6) is 1.82. The van der Waals surface area contributed by atoms with Crippen molar-refractivity contribution in [1.29, 1.82) is 0 Å². The van der Waals surface area contributed by atoms with Crippen molar-refractivity contribution in [3.05, 3.63) is 95.1 Å². The lowest BCUT2D eigenvalue weighted by Crippen LogP contribution is -2.29. The Kier molecular flexibility index (Phi) is 6.61. The molecule has 0 aliphatic heterocycles. The molecule has 0 unspecified atom stereocenters. The van der Waals surface area contributed by atoms with Gasteiger partial charge in [0.2, 0.25) is 0 Å². The van der Waals surface area contributed by atoms with Crippen LogP contribution in [0.3, 0.4) is 0 Å². The first kappa shape index (κ1) is 22.8. The van der Waals surface area contributed by atoms with E-state index in [0.29, 0.717) is 15.6 Å². The number of ether oxygens (including phenoxy) is 2. The fraction of sp³-hybridized carbons (Fsp3) is 0.321. The molecule has 3 aromatic carbocycles. The smallest absolute Gasteiger partial charge is 0.316 e. The number of carbonyl (C=O) groups is 1. The molecular weight excluding hydrogens is 511 g/mol. The number of fused-ring (bicyclic) bond motifs is 1. The van der Waals surface area contributed by atoms with Crippen LogP contribution in [0.2, 0.25) is 0 Å². The Hall–Kier alpha value is -2.34. The molecule has 3 atom stereocenters. The van der Waals surface area contributed by atoms with E-state index in [9.17, 15) is 4.79 Å². The molecule has 1 aliphatic rings. The molecule has 0 fully saturated rings. The van der Waals surface area contributed by atoms with Gasteiger partial charge in [-0.3, -0.25) is 4.79 Å². The minimum absolute atomic E-state index is 0.210. The largest absolute Gasteiger partial charge is 0.497 e. The van der Waals surface area contributed by atoms with Crippen LogP contribution in [0.4, 0.5) is 0 Å². The summed E-state index contributed by atoms with van der Waals surface area (Å²) < 4.78 is 11.5. The molecule has 1 aliphatic carbocycles. The van der Waals surface area contributed by atoms with Gasteiger partial charge >= 0.3 is 5.97 Å². The SMILES string of the molecule is COc1ccc([C@H]2c3ccc(OC(=O)C(C)(C)C)cc3C[C@@H](I)[C@@H]2c2ccccc2)cc1. The third-order valence-electron chi connectivity index (χ3n) is 6.10. The summed E-state index contributed by atoms with van der Waals surface area (Å²) in [5, 5.41) is 0. The highest BCUT2D eigenvalue weighted by Gasteiger charge is 2.37. The molecule has 0 N–H and O–H groups in total. The van der Waals surface area contributed by atoms with Crippen molar-refractivity contribution in [3.8, 4) is 11.5 Å². The van der Waals surface area contributed by atoms with E-state index in [1.54, 1.807) is 7.11 Å². The molecular formula is C28H29IO3. The van der Waals surface area contributed by atoms with Gasteiger partial charge < -0.3 is 9.47 Å². The number of halogens is 1. The third-order valence-corrected chi connectivity index (χ3v) is 7.31. The highest BCUT2D eigenvalue weighted by molar-refractivity contribution is 14.1. The van der Waals surface area contributed by atoms with Gasteiger partial charge in [0.25, 0.3) is 0 Å². The normalized spacial score (nSPS) is 20.3. The Balaban J connectivity index is 1.78. The standard InChI is InChI=1S/C28H29IO3/c1-28(2,3)27(30)32-22-14-15-23-20(16-22)17-24(29)26(18-8-6-5-7-9-18)25(23)19-10-12-21(31-4)13-11-19/h5-16,24-26H,17H2,1-4H3/t24-,25+,26+/m1/s1. The van der Waals surface area contributed by atoms with Crippen molar-refractivity contribution in [3.63, 3.8) is 0 Å². The molecule has 4 rings (SSSR count). The summed E-state index contributed by atoms with van der Waals surface area (Å²) in [7, 11) is 1.69. The van der Waals surface area contributed by atoms with Gasteiger partial charge in [0.05, 0.1) is 12.5 Å². The van der Waals surface area contributed by atoms with Crippen molar-refractivity contribution in [2.75, 3.05) is 7.11 Å². The lowest BCUT2D eigenvalue weighted by atomic mass is 9.69. The minimum atomic E-state index is -0.536. The third kappa shape index (κ3) is 4.70. The van der Waals surface area contributed by atoms with Crippen molar-refractivity contribution in [2.24, 2.45) is 5.41 Å². The molecule has 0 heterocycles. The van der Waals surface area contributed by atoms with Crippen LogP contribution in [0.25, 0.3) is 0 Å². The molecule has 3 nitrogen and oxygen atoms in total. The van der Waals surface area contributed by atoms with Crippen LogP contribution in [0.15, 0.2) is 72.8 Å². The van der Waals surface area contributed by atoms with E-state index in [4.69, 9.17) is 9.47 Å². The number of methoxy groups -OCH3 is 1. The first-order valence-electron chi connectivity index (χ1n) is 11.0. The zero-order valence-electron chi connectivity index (χ0n) is 19.0. The predicted molar refractivity (Wildman–Crippen MR) is 137 cm³/mol. The molecule has 4 heteroatoms. The highest BCUT2D eigenvalue weighted by Crippen LogP contribution is 2.49. The van der Waals surface area contributed by atoms with Crippen LogP contribution < -0.4 is 9.47 Å². The predicted octanol–water partition coefficient (Wildman–Crippen LogP) is 6.92. The van der Waals surface area contributed by atoms with Gasteiger partial charge in [0, 0.05) is 15.8 Å². The van der Waals surface area contributed by atoms with Crippen LogP contribution in [0, 0.1) is 5.41 Å². The maximum Gasteiger partial charge on any atom is 0.316 e. The van der Waals surface area contributed by atoms with Gasteiger partial charge in [-0.2, -0.15) is 0 Å². The van der Waals surface area contributed by atoms with E-state index in [1.165, 1.54) is 22.3 Å². The monoisotopic (exact) mass is 540 g/mol. The Morgan fingerprint density at radius 1 is 0.906 bits per heavy atom.